The topological polar surface area (TPSA) is 121 Å². The largest absolute Gasteiger partial charge is 0.445 e. The fourth-order valence-corrected chi connectivity index (χ4v) is 10.5. The Morgan fingerprint density at radius 2 is 0.800 bits per heavy atom. The van der Waals surface area contributed by atoms with Crippen molar-refractivity contribution in [3.63, 3.8) is 0 Å². The molecule has 0 spiro atoms. The van der Waals surface area contributed by atoms with E-state index in [-0.39, 0.29) is 23.3 Å². The number of amides is 2. The maximum absolute atomic E-state index is 13.2. The Balaban J connectivity index is 0.000000261. The molecule has 372 valence electrons. The van der Waals surface area contributed by atoms with Gasteiger partial charge in [0.1, 0.15) is 13.2 Å². The number of halogens is 2. The van der Waals surface area contributed by atoms with Crippen molar-refractivity contribution >= 4 is 60.7 Å². The van der Waals surface area contributed by atoms with Crippen molar-refractivity contribution in [2.24, 2.45) is 0 Å². The molecule has 14 heteroatoms. The lowest BCUT2D eigenvalue weighted by Crippen LogP contribution is -2.53. The van der Waals surface area contributed by atoms with Crippen molar-refractivity contribution in [2.75, 3.05) is 0 Å². The zero-order valence-corrected chi connectivity index (χ0v) is 47.9. The van der Waals surface area contributed by atoms with Crippen molar-refractivity contribution in [1.29, 1.82) is 0 Å². The van der Waals surface area contributed by atoms with Crippen LogP contribution in [0.5, 0.6) is 0 Å². The monoisotopic (exact) mass is 1110 g/mol. The van der Waals surface area contributed by atoms with Crippen molar-refractivity contribution < 1.29 is 27.9 Å². The van der Waals surface area contributed by atoms with Gasteiger partial charge in [-0.2, -0.15) is 0 Å². The van der Waals surface area contributed by atoms with Crippen LogP contribution in [0.1, 0.15) is 101 Å². The highest BCUT2D eigenvalue weighted by atomic mass is 79.9. The zero-order valence-electron chi connectivity index (χ0n) is 42.7. The van der Waals surface area contributed by atoms with Crippen LogP contribution in [-0.2, 0) is 42.6 Å². The molecule has 2 aromatic heterocycles. The van der Waals surface area contributed by atoms with Gasteiger partial charge in [-0.1, -0.05) is 163 Å². The normalized spacial score (nSPS) is 14.6. The second-order valence-corrected chi connectivity index (χ2v) is 32.2. The standard InChI is InChI=1S/2C28H35BrN2O3Si/c2*1-27(2,3)35(5,6)34-25(22-15-11-8-12-16-22)28(4,23-17-24(29)19-30-18-23)31-26(32)33-20-21-13-9-7-10-14-21/h2*7-19,25H,20H2,1-6H3,(H,31,32)/t25-,28+;25-,28-/m01/s1. The lowest BCUT2D eigenvalue weighted by Gasteiger charge is -2.46. The number of alkyl carbamates (subject to hydrolysis) is 2. The van der Waals surface area contributed by atoms with Gasteiger partial charge in [0.15, 0.2) is 16.6 Å². The molecule has 2 N–H and O–H groups in total. The van der Waals surface area contributed by atoms with Gasteiger partial charge < -0.3 is 29.0 Å². The van der Waals surface area contributed by atoms with Crippen LogP contribution in [0.3, 0.4) is 0 Å². The van der Waals surface area contributed by atoms with Gasteiger partial charge in [-0.3, -0.25) is 9.97 Å². The molecular formula is C56H70Br2N4O6Si2. The number of benzene rings is 4. The Kier molecular flexibility index (Phi) is 19.2. The second kappa shape index (κ2) is 24.0. The summed E-state index contributed by atoms with van der Waals surface area (Å²) in [5, 5.41) is 6.26. The van der Waals surface area contributed by atoms with Crippen LogP contribution in [-0.4, -0.2) is 38.8 Å². The lowest BCUT2D eigenvalue weighted by molar-refractivity contribution is 0.0632. The number of ether oxygens (including phenoxy) is 2. The smallest absolute Gasteiger partial charge is 0.408 e. The molecule has 0 aliphatic rings. The molecule has 2 amide bonds. The summed E-state index contributed by atoms with van der Waals surface area (Å²) in [6.45, 7) is 26.4. The van der Waals surface area contributed by atoms with Gasteiger partial charge in [0.25, 0.3) is 0 Å². The third kappa shape index (κ3) is 15.0. The number of carbonyl (C=O) groups is 2. The predicted molar refractivity (Wildman–Crippen MR) is 293 cm³/mol. The average Bonchev–Trinajstić information content (AvgIpc) is 3.32. The maximum Gasteiger partial charge on any atom is 0.408 e. The maximum atomic E-state index is 13.2. The van der Waals surface area contributed by atoms with E-state index < -0.39 is 52.1 Å². The molecule has 4 aromatic carbocycles. The van der Waals surface area contributed by atoms with E-state index in [0.717, 1.165) is 42.3 Å². The van der Waals surface area contributed by atoms with Crippen molar-refractivity contribution in [1.82, 2.24) is 20.6 Å². The first-order valence-corrected chi connectivity index (χ1v) is 30.9. The van der Waals surface area contributed by atoms with E-state index in [4.69, 9.17) is 18.3 Å². The van der Waals surface area contributed by atoms with E-state index in [9.17, 15) is 9.59 Å². The molecule has 0 saturated heterocycles. The molecule has 2 heterocycles. The summed E-state index contributed by atoms with van der Waals surface area (Å²) in [5.41, 5.74) is 3.51. The van der Waals surface area contributed by atoms with Crippen LogP contribution >= 0.6 is 31.9 Å². The summed E-state index contributed by atoms with van der Waals surface area (Å²) in [6.07, 6.45) is 5.02. The number of rotatable bonds is 16. The summed E-state index contributed by atoms with van der Waals surface area (Å²) in [6, 6.07) is 43.3. The highest BCUT2D eigenvalue weighted by Crippen LogP contribution is 2.47. The highest BCUT2D eigenvalue weighted by Gasteiger charge is 2.49. The van der Waals surface area contributed by atoms with Crippen LogP contribution in [0.25, 0.3) is 0 Å². The minimum atomic E-state index is -2.25. The van der Waals surface area contributed by atoms with Crippen LogP contribution in [0.4, 0.5) is 9.59 Å². The molecular weight excluding hydrogens is 1040 g/mol. The Bertz CT molecular complexity index is 2420. The quantitative estimate of drug-likeness (QED) is 0.0920. The molecule has 0 aliphatic carbocycles. The Morgan fingerprint density at radius 1 is 0.500 bits per heavy atom. The first-order valence-electron chi connectivity index (χ1n) is 23.5. The fourth-order valence-electron chi connectivity index (χ4n) is 7.15. The van der Waals surface area contributed by atoms with Gasteiger partial charge in [0.2, 0.25) is 0 Å². The average molecular weight is 1110 g/mol. The van der Waals surface area contributed by atoms with Crippen LogP contribution in [0.15, 0.2) is 167 Å². The minimum Gasteiger partial charge on any atom is -0.445 e. The molecule has 0 radical (unpaired) electrons. The van der Waals surface area contributed by atoms with E-state index >= 15 is 0 Å². The van der Waals surface area contributed by atoms with Gasteiger partial charge >= 0.3 is 12.2 Å². The molecule has 0 saturated carbocycles. The van der Waals surface area contributed by atoms with Crippen LogP contribution in [0, 0.1) is 0 Å². The first-order chi connectivity index (χ1) is 32.8. The van der Waals surface area contributed by atoms with Crippen LogP contribution < -0.4 is 10.6 Å². The number of pyridine rings is 2. The fraction of sp³-hybridized carbons (Fsp3) is 0.357. The van der Waals surface area contributed by atoms with E-state index in [0.29, 0.717) is 0 Å². The molecule has 0 unspecified atom stereocenters. The third-order valence-corrected chi connectivity index (χ3v) is 23.2. The number of carbonyl (C=O) groups excluding carboxylic acids is 2. The molecule has 70 heavy (non-hydrogen) atoms. The molecule has 0 aliphatic heterocycles. The molecule has 10 nitrogen and oxygen atoms in total. The van der Waals surface area contributed by atoms with Gasteiger partial charge in [-0.05, 0) is 127 Å². The number of hydrogen-bond donors (Lipinski definition) is 2. The molecule has 0 bridgehead atoms. The number of nitrogens with zero attached hydrogens (tertiary/aromatic N) is 2. The number of aromatic nitrogens is 2. The highest BCUT2D eigenvalue weighted by molar-refractivity contribution is 9.10. The molecule has 4 atom stereocenters. The summed E-state index contributed by atoms with van der Waals surface area (Å²) in [7, 11) is -4.51. The van der Waals surface area contributed by atoms with Crippen LogP contribution in [0.2, 0.25) is 36.3 Å². The SMILES string of the molecule is CC(C)(C)[Si](C)(C)O[C@@H](c1ccccc1)[C@](C)(NC(=O)OCc1ccccc1)c1cncc(Br)c1.CC(C)(C)[Si](C)(C)O[C@H](c1ccccc1)[C@](C)(NC(=O)OCc1ccccc1)c1cncc(Br)c1. The van der Waals surface area contributed by atoms with E-state index in [1.54, 1.807) is 24.8 Å². The van der Waals surface area contributed by atoms with Gasteiger partial charge in [-0.25, -0.2) is 9.59 Å². The van der Waals surface area contributed by atoms with Gasteiger partial charge in [-0.15, -0.1) is 0 Å². The third-order valence-electron chi connectivity index (χ3n) is 13.4. The van der Waals surface area contributed by atoms with E-state index in [2.05, 4.69) is 120 Å². The number of hydrogen-bond acceptors (Lipinski definition) is 8. The molecule has 0 fully saturated rings. The van der Waals surface area contributed by atoms with Gasteiger partial charge in [0, 0.05) is 33.7 Å². The second-order valence-electron chi connectivity index (χ2n) is 20.9. The van der Waals surface area contributed by atoms with Gasteiger partial charge in [0.05, 0.1) is 23.3 Å². The Morgan fingerprint density at radius 3 is 1.09 bits per heavy atom. The minimum absolute atomic E-state index is 0.0235. The molecule has 6 rings (SSSR count). The Hall–Kier alpha value is -4.97. The zero-order chi connectivity index (χ0) is 51.4. The van der Waals surface area contributed by atoms with Crippen molar-refractivity contribution in [3.05, 3.63) is 201 Å². The Labute approximate surface area is 435 Å². The first kappa shape index (κ1) is 56.0. The van der Waals surface area contributed by atoms with E-state index in [1.807, 2.05) is 147 Å². The molecule has 6 aromatic rings. The predicted octanol–water partition coefficient (Wildman–Crippen LogP) is 15.5. The summed E-state index contributed by atoms with van der Waals surface area (Å²) in [5.74, 6) is 0. The lowest BCUT2D eigenvalue weighted by atomic mass is 9.83. The van der Waals surface area contributed by atoms with E-state index in [1.165, 1.54) is 0 Å². The number of nitrogens with one attached hydrogen (secondary N) is 2. The summed E-state index contributed by atoms with van der Waals surface area (Å²) in [4.78, 5) is 35.1. The van der Waals surface area contributed by atoms with Crippen molar-refractivity contribution in [2.45, 2.75) is 128 Å². The van der Waals surface area contributed by atoms with Crippen molar-refractivity contribution in [3.8, 4) is 0 Å². The summed E-state index contributed by atoms with van der Waals surface area (Å²) < 4.78 is 27.0. The summed E-state index contributed by atoms with van der Waals surface area (Å²) >= 11 is 7.08.